The molecule has 1 aromatic carbocycles. The molecule has 1 aliphatic heterocycles. The lowest BCUT2D eigenvalue weighted by molar-refractivity contribution is -0.135. The molecule has 0 spiro atoms. The maximum atomic E-state index is 13.1. The molecule has 0 aromatic heterocycles. The minimum absolute atomic E-state index is 0.0254. The van der Waals surface area contributed by atoms with Crippen molar-refractivity contribution in [3.63, 3.8) is 0 Å². The van der Waals surface area contributed by atoms with Crippen molar-refractivity contribution in [2.24, 2.45) is 0 Å². The zero-order valence-electron chi connectivity index (χ0n) is 12.4. The number of amides is 1. The van der Waals surface area contributed by atoms with E-state index in [-0.39, 0.29) is 41.1 Å². The highest BCUT2D eigenvalue weighted by molar-refractivity contribution is 7.91. The number of benzene rings is 1. The number of halogens is 2. The number of rotatable bonds is 5. The first-order chi connectivity index (χ1) is 10.9. The molecule has 2 aliphatic rings. The fraction of sp³-hybridized carbons (Fsp3) is 0.533. The van der Waals surface area contributed by atoms with E-state index in [1.54, 1.807) is 4.90 Å². The SMILES string of the molecule is O=C(COc1ccc(F)c(Cl)c1)N(C1CC1)[C@H]1CCS(=O)(=O)C1. The lowest BCUT2D eigenvalue weighted by atomic mass is 10.2. The molecule has 1 amide bonds. The average Bonchev–Trinajstić information content (AvgIpc) is 3.24. The molecule has 1 aliphatic carbocycles. The molecule has 0 bridgehead atoms. The summed E-state index contributed by atoms with van der Waals surface area (Å²) in [4.78, 5) is 14.1. The van der Waals surface area contributed by atoms with Gasteiger partial charge in [0.15, 0.2) is 16.4 Å². The van der Waals surface area contributed by atoms with Crippen molar-refractivity contribution in [1.29, 1.82) is 0 Å². The van der Waals surface area contributed by atoms with E-state index in [1.807, 2.05) is 0 Å². The number of carbonyl (C=O) groups is 1. The van der Waals surface area contributed by atoms with Gasteiger partial charge in [-0.15, -0.1) is 0 Å². The zero-order chi connectivity index (χ0) is 16.6. The predicted octanol–water partition coefficient (Wildman–Crippen LogP) is 2.04. The predicted molar refractivity (Wildman–Crippen MR) is 83.8 cm³/mol. The molecule has 1 saturated heterocycles. The van der Waals surface area contributed by atoms with E-state index >= 15 is 0 Å². The summed E-state index contributed by atoms with van der Waals surface area (Å²) in [6, 6.07) is 3.73. The van der Waals surface area contributed by atoms with Crippen LogP contribution in [0.4, 0.5) is 4.39 Å². The van der Waals surface area contributed by atoms with Crippen LogP contribution in [-0.4, -0.2) is 49.4 Å². The zero-order valence-corrected chi connectivity index (χ0v) is 13.9. The first kappa shape index (κ1) is 16.5. The smallest absolute Gasteiger partial charge is 0.261 e. The quantitative estimate of drug-likeness (QED) is 0.805. The minimum atomic E-state index is -3.05. The Hall–Kier alpha value is -1.34. The van der Waals surface area contributed by atoms with Crippen LogP contribution in [0.3, 0.4) is 0 Å². The molecule has 126 valence electrons. The van der Waals surface area contributed by atoms with Crippen molar-refractivity contribution in [3.8, 4) is 5.75 Å². The van der Waals surface area contributed by atoms with Crippen molar-refractivity contribution in [2.45, 2.75) is 31.3 Å². The van der Waals surface area contributed by atoms with Gasteiger partial charge in [0, 0.05) is 18.2 Å². The van der Waals surface area contributed by atoms with E-state index in [0.29, 0.717) is 12.2 Å². The third-order valence-electron chi connectivity index (χ3n) is 4.08. The molecular formula is C15H17ClFNO4S. The van der Waals surface area contributed by atoms with Crippen molar-refractivity contribution >= 4 is 27.3 Å². The van der Waals surface area contributed by atoms with Gasteiger partial charge in [-0.2, -0.15) is 0 Å². The number of carbonyl (C=O) groups excluding carboxylic acids is 1. The van der Waals surface area contributed by atoms with Gasteiger partial charge in [0.2, 0.25) is 0 Å². The summed E-state index contributed by atoms with van der Waals surface area (Å²) in [5.74, 6) is -0.337. The van der Waals surface area contributed by atoms with Gasteiger partial charge in [-0.25, -0.2) is 12.8 Å². The van der Waals surface area contributed by atoms with Crippen molar-refractivity contribution in [2.75, 3.05) is 18.1 Å². The minimum Gasteiger partial charge on any atom is -0.484 e. The molecule has 0 radical (unpaired) electrons. The highest BCUT2D eigenvalue weighted by Gasteiger charge is 2.42. The third kappa shape index (κ3) is 3.95. The van der Waals surface area contributed by atoms with Gasteiger partial charge in [-0.05, 0) is 31.4 Å². The van der Waals surface area contributed by atoms with Gasteiger partial charge in [-0.3, -0.25) is 4.79 Å². The Morgan fingerprint density at radius 3 is 2.61 bits per heavy atom. The summed E-state index contributed by atoms with van der Waals surface area (Å²) in [5.41, 5.74) is 0. The molecule has 1 heterocycles. The van der Waals surface area contributed by atoms with Gasteiger partial charge in [0.05, 0.1) is 16.5 Å². The van der Waals surface area contributed by atoms with Gasteiger partial charge < -0.3 is 9.64 Å². The van der Waals surface area contributed by atoms with Crippen molar-refractivity contribution in [3.05, 3.63) is 29.0 Å². The van der Waals surface area contributed by atoms with E-state index in [9.17, 15) is 17.6 Å². The molecule has 1 atom stereocenters. The first-order valence-electron chi connectivity index (χ1n) is 7.45. The number of hydrogen-bond donors (Lipinski definition) is 0. The van der Waals surface area contributed by atoms with Gasteiger partial charge in [0.1, 0.15) is 11.6 Å². The molecular weight excluding hydrogens is 345 g/mol. The van der Waals surface area contributed by atoms with Crippen LogP contribution in [-0.2, 0) is 14.6 Å². The van der Waals surface area contributed by atoms with Crippen LogP contribution in [0.2, 0.25) is 5.02 Å². The summed E-state index contributed by atoms with van der Waals surface area (Å²) in [6.07, 6.45) is 2.27. The number of hydrogen-bond acceptors (Lipinski definition) is 4. The topological polar surface area (TPSA) is 63.7 Å². The number of nitrogens with zero attached hydrogens (tertiary/aromatic N) is 1. The van der Waals surface area contributed by atoms with E-state index in [2.05, 4.69) is 0 Å². The highest BCUT2D eigenvalue weighted by atomic mass is 35.5. The molecule has 0 unspecified atom stereocenters. The maximum Gasteiger partial charge on any atom is 0.261 e. The Morgan fingerprint density at radius 2 is 2.04 bits per heavy atom. The molecule has 1 saturated carbocycles. The Morgan fingerprint density at radius 1 is 1.30 bits per heavy atom. The van der Waals surface area contributed by atoms with Gasteiger partial charge in [0.25, 0.3) is 5.91 Å². The standard InChI is InChI=1S/C15H17ClFNO4S/c16-13-7-12(3-4-14(13)17)22-8-15(19)18(10-1-2-10)11-5-6-23(20,21)9-11/h3-4,7,10-11H,1-2,5-6,8-9H2/t11-/m0/s1. The van der Waals surface area contributed by atoms with Crippen LogP contribution < -0.4 is 4.74 Å². The van der Waals surface area contributed by atoms with Gasteiger partial charge >= 0.3 is 0 Å². The summed E-state index contributed by atoms with van der Waals surface area (Å²) in [7, 11) is -3.05. The van der Waals surface area contributed by atoms with Crippen LogP contribution in [0.25, 0.3) is 0 Å². The molecule has 1 aromatic rings. The van der Waals surface area contributed by atoms with Crippen LogP contribution >= 0.6 is 11.6 Å². The monoisotopic (exact) mass is 361 g/mol. The van der Waals surface area contributed by atoms with Crippen LogP contribution in [0.5, 0.6) is 5.75 Å². The average molecular weight is 362 g/mol. The number of ether oxygens (including phenoxy) is 1. The Kier molecular flexibility index (Phi) is 4.51. The summed E-state index contributed by atoms with van der Waals surface area (Å²) < 4.78 is 41.8. The second-order valence-corrected chi connectivity index (χ2v) is 8.59. The second kappa shape index (κ2) is 6.28. The van der Waals surface area contributed by atoms with Crippen LogP contribution in [0, 0.1) is 5.82 Å². The van der Waals surface area contributed by atoms with E-state index in [4.69, 9.17) is 16.3 Å². The fourth-order valence-corrected chi connectivity index (χ4v) is 4.72. The highest BCUT2D eigenvalue weighted by Crippen LogP contribution is 2.32. The number of sulfone groups is 1. The molecule has 0 N–H and O–H groups in total. The van der Waals surface area contributed by atoms with Crippen molar-refractivity contribution in [1.82, 2.24) is 4.90 Å². The Balaban J connectivity index is 1.64. The first-order valence-corrected chi connectivity index (χ1v) is 9.65. The lowest BCUT2D eigenvalue weighted by Crippen LogP contribution is -2.45. The summed E-state index contributed by atoms with van der Waals surface area (Å²) in [6.45, 7) is -0.213. The molecule has 8 heteroatoms. The summed E-state index contributed by atoms with van der Waals surface area (Å²) >= 11 is 5.67. The third-order valence-corrected chi connectivity index (χ3v) is 6.12. The molecule has 5 nitrogen and oxygen atoms in total. The summed E-state index contributed by atoms with van der Waals surface area (Å²) in [5, 5.41) is -0.0733. The Labute approximate surface area is 139 Å². The second-order valence-electron chi connectivity index (χ2n) is 5.95. The maximum absolute atomic E-state index is 13.1. The van der Waals surface area contributed by atoms with Crippen LogP contribution in [0.1, 0.15) is 19.3 Å². The molecule has 2 fully saturated rings. The lowest BCUT2D eigenvalue weighted by Gasteiger charge is -2.28. The molecule has 23 heavy (non-hydrogen) atoms. The van der Waals surface area contributed by atoms with Crippen LogP contribution in [0.15, 0.2) is 18.2 Å². The largest absolute Gasteiger partial charge is 0.484 e. The van der Waals surface area contributed by atoms with Gasteiger partial charge in [-0.1, -0.05) is 11.6 Å². The van der Waals surface area contributed by atoms with E-state index in [0.717, 1.165) is 12.8 Å². The Bertz CT molecular complexity index is 720. The van der Waals surface area contributed by atoms with E-state index in [1.165, 1.54) is 18.2 Å². The van der Waals surface area contributed by atoms with Crippen molar-refractivity contribution < 1.29 is 22.3 Å². The fourth-order valence-electron chi connectivity index (χ4n) is 2.84. The van der Waals surface area contributed by atoms with E-state index < -0.39 is 15.7 Å². The molecule has 3 rings (SSSR count). The normalized spacial score (nSPS) is 22.8.